The summed E-state index contributed by atoms with van der Waals surface area (Å²) in [6, 6.07) is 14.2. The van der Waals surface area contributed by atoms with Gasteiger partial charge in [-0.3, -0.25) is 14.2 Å². The van der Waals surface area contributed by atoms with E-state index >= 15 is 0 Å². The van der Waals surface area contributed by atoms with Gasteiger partial charge in [-0.2, -0.15) is 14.8 Å². The van der Waals surface area contributed by atoms with Crippen molar-refractivity contribution in [2.75, 3.05) is 11.9 Å². The third-order valence-electron chi connectivity index (χ3n) is 5.48. The molecule has 0 aliphatic carbocycles. The lowest BCUT2D eigenvalue weighted by molar-refractivity contribution is -0.118. The van der Waals surface area contributed by atoms with E-state index in [-0.39, 0.29) is 42.7 Å². The fourth-order valence-electron chi connectivity index (χ4n) is 3.48. The van der Waals surface area contributed by atoms with Crippen molar-refractivity contribution in [3.05, 3.63) is 85.8 Å². The molecule has 0 aliphatic rings. The highest BCUT2D eigenvalue weighted by atomic mass is 35.5. The lowest BCUT2D eigenvalue weighted by atomic mass is 10.2. The van der Waals surface area contributed by atoms with Gasteiger partial charge >= 0.3 is 5.69 Å². The van der Waals surface area contributed by atoms with Crippen molar-refractivity contribution in [1.29, 1.82) is 0 Å². The highest BCUT2D eigenvalue weighted by molar-refractivity contribution is 6.33. The van der Waals surface area contributed by atoms with E-state index in [2.05, 4.69) is 15.2 Å². The summed E-state index contributed by atoms with van der Waals surface area (Å²) in [5.74, 6) is -0.0875. The molecule has 10 nitrogen and oxygen atoms in total. The first kappa shape index (κ1) is 24.1. The van der Waals surface area contributed by atoms with Crippen molar-refractivity contribution < 1.29 is 9.32 Å². The normalized spacial score (nSPS) is 11.0. The molecular formula is C24H23ClN6O4. The van der Waals surface area contributed by atoms with Gasteiger partial charge in [0.1, 0.15) is 0 Å². The van der Waals surface area contributed by atoms with E-state index in [1.165, 1.54) is 4.90 Å². The van der Waals surface area contributed by atoms with Gasteiger partial charge in [0, 0.05) is 26.4 Å². The van der Waals surface area contributed by atoms with Crippen LogP contribution in [0, 0.1) is 6.92 Å². The number of carbonyl (C=O) groups is 1. The van der Waals surface area contributed by atoms with E-state index in [1.807, 2.05) is 19.1 Å². The number of rotatable bonds is 7. The quantitative estimate of drug-likeness (QED) is 0.387. The van der Waals surface area contributed by atoms with Crippen molar-refractivity contribution in [2.45, 2.75) is 33.2 Å². The Morgan fingerprint density at radius 3 is 2.51 bits per heavy atom. The molecule has 11 heteroatoms. The topological polar surface area (TPSA) is 116 Å². The number of amides is 1. The molecule has 2 aromatic heterocycles. The first-order valence-corrected chi connectivity index (χ1v) is 11.3. The molecule has 4 aromatic rings. The fraction of sp³-hybridized carbons (Fsp3) is 0.250. The summed E-state index contributed by atoms with van der Waals surface area (Å²) < 4.78 is 7.46. The van der Waals surface area contributed by atoms with Crippen molar-refractivity contribution in [2.24, 2.45) is 0 Å². The van der Waals surface area contributed by atoms with Crippen LogP contribution in [0.5, 0.6) is 0 Å². The van der Waals surface area contributed by atoms with Crippen LogP contribution < -0.4 is 16.1 Å². The molecule has 0 atom stereocenters. The first-order valence-electron chi connectivity index (χ1n) is 11.0. The predicted octanol–water partition coefficient (Wildman–Crippen LogP) is 3.02. The number of halogens is 1. The molecule has 0 spiro atoms. The third kappa shape index (κ3) is 4.92. The molecule has 2 heterocycles. The second-order valence-corrected chi connectivity index (χ2v) is 8.25. The number of aromatic nitrogens is 5. The molecule has 0 saturated carbocycles. The van der Waals surface area contributed by atoms with Gasteiger partial charge in [-0.25, -0.2) is 4.79 Å². The van der Waals surface area contributed by atoms with E-state index in [1.54, 1.807) is 50.4 Å². The second-order valence-electron chi connectivity index (χ2n) is 7.84. The summed E-state index contributed by atoms with van der Waals surface area (Å²) in [6.07, 6.45) is 0.235. The molecule has 1 amide bonds. The van der Waals surface area contributed by atoms with Gasteiger partial charge in [-0.15, -0.1) is 0 Å². The van der Waals surface area contributed by atoms with Crippen LogP contribution in [0.2, 0.25) is 5.02 Å². The lowest BCUT2D eigenvalue weighted by Gasteiger charge is -2.18. The van der Waals surface area contributed by atoms with Gasteiger partial charge in [0.15, 0.2) is 5.69 Å². The van der Waals surface area contributed by atoms with E-state index in [0.29, 0.717) is 16.4 Å². The maximum atomic E-state index is 12.9. The minimum absolute atomic E-state index is 0.0556. The Balaban J connectivity index is 1.59. The lowest BCUT2D eigenvalue weighted by Crippen LogP contribution is -2.41. The number of nitrogens with zero attached hydrogens (tertiary/aromatic N) is 6. The second kappa shape index (κ2) is 10.1. The van der Waals surface area contributed by atoms with Crippen LogP contribution in [0.1, 0.15) is 24.8 Å². The molecule has 2 aromatic carbocycles. The van der Waals surface area contributed by atoms with E-state index in [4.69, 9.17) is 16.1 Å². The Labute approximate surface area is 205 Å². The summed E-state index contributed by atoms with van der Waals surface area (Å²) >= 11 is 6.17. The zero-order chi connectivity index (χ0) is 25.1. The maximum absolute atomic E-state index is 12.9. The number of para-hydroxylation sites is 1. The molecule has 0 fully saturated rings. The van der Waals surface area contributed by atoms with Gasteiger partial charge in [0.05, 0.1) is 16.4 Å². The van der Waals surface area contributed by atoms with E-state index in [0.717, 1.165) is 14.8 Å². The van der Waals surface area contributed by atoms with Crippen LogP contribution in [0.25, 0.3) is 17.2 Å². The average Bonchev–Trinajstić information content (AvgIpc) is 3.32. The molecule has 0 radical (unpaired) electrons. The van der Waals surface area contributed by atoms with Crippen molar-refractivity contribution >= 4 is 23.2 Å². The van der Waals surface area contributed by atoms with Crippen LogP contribution in [-0.2, 0) is 17.8 Å². The number of aryl methyl sites for hydroxylation is 2. The highest BCUT2D eigenvalue weighted by Crippen LogP contribution is 2.24. The predicted molar refractivity (Wildman–Crippen MR) is 131 cm³/mol. The number of benzene rings is 2. The van der Waals surface area contributed by atoms with E-state index in [9.17, 15) is 14.4 Å². The minimum Gasteiger partial charge on any atom is -0.339 e. The Morgan fingerprint density at radius 1 is 1.11 bits per heavy atom. The Bertz CT molecular complexity index is 1490. The number of hydrogen-bond donors (Lipinski definition) is 0. The number of anilines is 1. The molecule has 0 unspecified atom stereocenters. The van der Waals surface area contributed by atoms with Gasteiger partial charge < -0.3 is 9.42 Å². The average molecular weight is 495 g/mol. The van der Waals surface area contributed by atoms with Gasteiger partial charge in [-0.05, 0) is 38.1 Å². The highest BCUT2D eigenvalue weighted by Gasteiger charge is 2.21. The molecule has 180 valence electrons. The Kier molecular flexibility index (Phi) is 6.92. The van der Waals surface area contributed by atoms with Crippen LogP contribution in [0.4, 0.5) is 5.69 Å². The number of carbonyl (C=O) groups excluding carboxylic acids is 1. The van der Waals surface area contributed by atoms with Gasteiger partial charge in [0.25, 0.3) is 5.56 Å². The summed E-state index contributed by atoms with van der Waals surface area (Å²) in [6.45, 7) is 3.76. The monoisotopic (exact) mass is 494 g/mol. The van der Waals surface area contributed by atoms with E-state index < -0.39 is 11.2 Å². The summed E-state index contributed by atoms with van der Waals surface area (Å²) in [7, 11) is 1.63. The SMILES string of the molecule is CCn1c(=O)c(-c2noc(CCC(=O)N(C)c3ccccc3Cl)n2)nn(-c2ccc(C)cc2)c1=O. The van der Waals surface area contributed by atoms with Crippen LogP contribution >= 0.6 is 11.6 Å². The zero-order valence-electron chi connectivity index (χ0n) is 19.4. The Morgan fingerprint density at radius 2 is 1.83 bits per heavy atom. The Hall–Kier alpha value is -4.05. The molecule has 0 saturated heterocycles. The summed E-state index contributed by atoms with van der Waals surface area (Å²) in [4.78, 5) is 44.1. The molecule has 0 N–H and O–H groups in total. The third-order valence-corrected chi connectivity index (χ3v) is 5.79. The zero-order valence-corrected chi connectivity index (χ0v) is 20.2. The van der Waals surface area contributed by atoms with Crippen LogP contribution in [0.3, 0.4) is 0 Å². The summed E-state index contributed by atoms with van der Waals surface area (Å²) in [5, 5.41) is 8.57. The molecule has 35 heavy (non-hydrogen) atoms. The minimum atomic E-state index is -0.622. The van der Waals surface area contributed by atoms with Crippen molar-refractivity contribution in [1.82, 2.24) is 24.5 Å². The number of hydrogen-bond acceptors (Lipinski definition) is 7. The largest absolute Gasteiger partial charge is 0.352 e. The summed E-state index contributed by atoms with van der Waals surface area (Å²) in [5.41, 5.74) is 0.795. The van der Waals surface area contributed by atoms with Crippen molar-refractivity contribution in [3.8, 4) is 17.2 Å². The van der Waals surface area contributed by atoms with Crippen LogP contribution in [0.15, 0.2) is 62.6 Å². The van der Waals surface area contributed by atoms with Gasteiger partial charge in [-0.1, -0.05) is 46.6 Å². The fourth-order valence-corrected chi connectivity index (χ4v) is 3.74. The van der Waals surface area contributed by atoms with Gasteiger partial charge in [0.2, 0.25) is 17.6 Å². The molecule has 0 bridgehead atoms. The molecule has 4 rings (SSSR count). The van der Waals surface area contributed by atoms with Crippen LogP contribution in [-0.4, -0.2) is 37.4 Å². The molecular weight excluding hydrogens is 472 g/mol. The first-order chi connectivity index (χ1) is 16.8. The van der Waals surface area contributed by atoms with Crippen molar-refractivity contribution in [3.63, 3.8) is 0 Å². The standard InChI is InChI=1S/C24H23ClN6O4/c1-4-30-23(33)21(27-31(24(30)34)16-11-9-15(2)10-12-16)22-26-19(35-28-22)13-14-20(32)29(3)18-8-6-5-7-17(18)25/h5-12H,4,13-14H2,1-3H3. The smallest absolute Gasteiger partial charge is 0.339 e. The molecule has 0 aliphatic heterocycles. The maximum Gasteiger partial charge on any atom is 0.352 e.